The van der Waals surface area contributed by atoms with E-state index >= 15 is 0 Å². The van der Waals surface area contributed by atoms with Crippen molar-refractivity contribution in [2.24, 2.45) is 0 Å². The summed E-state index contributed by atoms with van der Waals surface area (Å²) in [5.74, 6) is -0.0995. The molecule has 6 heteroatoms. The third-order valence-electron chi connectivity index (χ3n) is 6.63. The van der Waals surface area contributed by atoms with E-state index in [4.69, 9.17) is 4.74 Å². The Bertz CT molecular complexity index is 1230. The van der Waals surface area contributed by atoms with Crippen LogP contribution in [0.4, 0.5) is 0 Å². The zero-order valence-corrected chi connectivity index (χ0v) is 23.7. The predicted molar refractivity (Wildman–Crippen MR) is 156 cm³/mol. The molecule has 0 aliphatic carbocycles. The molecule has 0 spiro atoms. The fourth-order valence-electron chi connectivity index (χ4n) is 4.22. The molecular weight excluding hydrogens is 494 g/mol. The van der Waals surface area contributed by atoms with E-state index in [2.05, 4.69) is 74.0 Å². The number of nitrogens with one attached hydrogen (secondary N) is 1. The number of hydrogen-bond acceptors (Lipinski definition) is 4. The van der Waals surface area contributed by atoms with Gasteiger partial charge in [-0.15, -0.1) is 0 Å². The molecule has 1 amide bonds. The second-order valence-electron chi connectivity index (χ2n) is 10.2. The lowest BCUT2D eigenvalue weighted by Gasteiger charge is -2.09. The fraction of sp³-hybridized carbons (Fsp3) is 0.406. The van der Waals surface area contributed by atoms with Crippen LogP contribution in [0, 0.1) is 0 Å². The lowest BCUT2D eigenvalue weighted by molar-refractivity contribution is 0.0980. The van der Waals surface area contributed by atoms with Gasteiger partial charge < -0.3 is 4.74 Å². The summed E-state index contributed by atoms with van der Waals surface area (Å²) in [5.41, 5.74) is 6.02. The first-order chi connectivity index (χ1) is 18.3. The molecule has 204 valence electrons. The van der Waals surface area contributed by atoms with E-state index in [1.165, 1.54) is 23.1 Å². The lowest BCUT2D eigenvalue weighted by atomic mass is 9.98. The van der Waals surface area contributed by atoms with Gasteiger partial charge >= 0.3 is 0 Å². The molecule has 0 heterocycles. The molecule has 5 nitrogen and oxygen atoms in total. The minimum atomic E-state index is -3.63. The number of amides is 1. The Morgan fingerprint density at radius 3 is 1.79 bits per heavy atom. The first-order valence-corrected chi connectivity index (χ1v) is 15.3. The van der Waals surface area contributed by atoms with E-state index < -0.39 is 15.9 Å². The van der Waals surface area contributed by atoms with Crippen molar-refractivity contribution in [3.63, 3.8) is 0 Å². The topological polar surface area (TPSA) is 72.5 Å². The molecule has 3 aromatic rings. The summed E-state index contributed by atoms with van der Waals surface area (Å²) >= 11 is 0. The number of hydrogen-bond donors (Lipinski definition) is 1. The Kier molecular flexibility index (Phi) is 11.6. The van der Waals surface area contributed by atoms with Crippen LogP contribution in [0.1, 0.15) is 92.3 Å². The van der Waals surface area contributed by atoms with Gasteiger partial charge in [0.1, 0.15) is 0 Å². The molecule has 0 atom stereocenters. The van der Waals surface area contributed by atoms with Crippen LogP contribution in [0.15, 0.2) is 72.8 Å². The number of unbranched alkanes of at least 4 members (excludes halogenated alkanes) is 5. The molecule has 0 saturated heterocycles. The van der Waals surface area contributed by atoms with Gasteiger partial charge in [-0.25, -0.2) is 13.1 Å². The number of carbonyl (C=O) groups excluding carboxylic acids is 1. The van der Waals surface area contributed by atoms with Gasteiger partial charge in [-0.05, 0) is 52.3 Å². The van der Waals surface area contributed by atoms with Crippen LogP contribution in [0.3, 0.4) is 0 Å². The SMILES string of the molecule is CCCCCCCCS(=O)(=O)NC(=O)c1ccc(COCc2ccc(-c3ccc(C(C)C)cc3)cc2)cc1. The van der Waals surface area contributed by atoms with Crippen molar-refractivity contribution in [3.05, 3.63) is 95.1 Å². The minimum absolute atomic E-state index is 0.0256. The molecule has 3 rings (SSSR count). The second kappa shape index (κ2) is 14.8. The van der Waals surface area contributed by atoms with Gasteiger partial charge in [-0.2, -0.15) is 0 Å². The van der Waals surface area contributed by atoms with E-state index in [9.17, 15) is 13.2 Å². The number of carbonyl (C=O) groups is 1. The van der Waals surface area contributed by atoms with Crippen molar-refractivity contribution in [1.29, 1.82) is 0 Å². The van der Waals surface area contributed by atoms with E-state index in [-0.39, 0.29) is 5.75 Å². The van der Waals surface area contributed by atoms with Crippen LogP contribution in [0.25, 0.3) is 11.1 Å². The Balaban J connectivity index is 1.42. The summed E-state index contributed by atoms with van der Waals surface area (Å²) in [5, 5.41) is 0. The molecule has 38 heavy (non-hydrogen) atoms. The summed E-state index contributed by atoms with van der Waals surface area (Å²) in [6.07, 6.45) is 5.90. The van der Waals surface area contributed by atoms with Gasteiger partial charge in [0, 0.05) is 5.56 Å². The highest BCUT2D eigenvalue weighted by atomic mass is 32.2. The van der Waals surface area contributed by atoms with Gasteiger partial charge in [0.15, 0.2) is 0 Å². The van der Waals surface area contributed by atoms with Gasteiger partial charge in [-0.1, -0.05) is 114 Å². The smallest absolute Gasteiger partial charge is 0.264 e. The first kappa shape index (κ1) is 29.6. The van der Waals surface area contributed by atoms with E-state index in [0.29, 0.717) is 31.1 Å². The maximum atomic E-state index is 12.4. The molecule has 3 aromatic carbocycles. The van der Waals surface area contributed by atoms with Crippen molar-refractivity contribution >= 4 is 15.9 Å². The number of benzene rings is 3. The number of ether oxygens (including phenoxy) is 1. The molecule has 0 aromatic heterocycles. The first-order valence-electron chi connectivity index (χ1n) is 13.7. The van der Waals surface area contributed by atoms with Crippen molar-refractivity contribution in [3.8, 4) is 11.1 Å². The molecular formula is C32H41NO4S. The molecule has 0 aliphatic heterocycles. The third-order valence-corrected chi connectivity index (χ3v) is 7.96. The van der Waals surface area contributed by atoms with Crippen molar-refractivity contribution in [1.82, 2.24) is 4.72 Å². The third kappa shape index (κ3) is 9.73. The van der Waals surface area contributed by atoms with Crippen molar-refractivity contribution < 1.29 is 17.9 Å². The van der Waals surface area contributed by atoms with Crippen LogP contribution in [0.2, 0.25) is 0 Å². The van der Waals surface area contributed by atoms with E-state index in [1.807, 2.05) is 0 Å². The quantitative estimate of drug-likeness (QED) is 0.203. The molecule has 0 radical (unpaired) electrons. The average Bonchev–Trinajstić information content (AvgIpc) is 2.91. The van der Waals surface area contributed by atoms with Crippen molar-refractivity contribution in [2.45, 2.75) is 78.4 Å². The summed E-state index contributed by atoms with van der Waals surface area (Å²) in [7, 11) is -3.63. The average molecular weight is 536 g/mol. The fourth-order valence-corrected chi connectivity index (χ4v) is 5.30. The Morgan fingerprint density at radius 2 is 1.24 bits per heavy atom. The number of sulfonamides is 1. The summed E-state index contributed by atoms with van der Waals surface area (Å²) < 4.78 is 32.5. The summed E-state index contributed by atoms with van der Waals surface area (Å²) in [6, 6.07) is 23.9. The van der Waals surface area contributed by atoms with E-state index in [1.54, 1.807) is 24.3 Å². The highest BCUT2D eigenvalue weighted by Crippen LogP contribution is 2.23. The zero-order valence-electron chi connectivity index (χ0n) is 22.9. The highest BCUT2D eigenvalue weighted by molar-refractivity contribution is 7.90. The van der Waals surface area contributed by atoms with Crippen LogP contribution >= 0.6 is 0 Å². The largest absolute Gasteiger partial charge is 0.372 e. The van der Waals surface area contributed by atoms with E-state index in [0.717, 1.165) is 36.8 Å². The predicted octanol–water partition coefficient (Wildman–Crippen LogP) is 7.61. The Hall–Kier alpha value is -2.96. The molecule has 0 unspecified atom stereocenters. The maximum absolute atomic E-state index is 12.4. The molecule has 0 fully saturated rings. The number of rotatable bonds is 15. The summed E-state index contributed by atoms with van der Waals surface area (Å²) in [6.45, 7) is 7.41. The maximum Gasteiger partial charge on any atom is 0.264 e. The molecule has 0 saturated carbocycles. The highest BCUT2D eigenvalue weighted by Gasteiger charge is 2.15. The minimum Gasteiger partial charge on any atom is -0.372 e. The monoisotopic (exact) mass is 535 g/mol. The van der Waals surface area contributed by atoms with Gasteiger partial charge in [0.2, 0.25) is 10.0 Å². The Labute approximate surface area is 228 Å². The normalized spacial score (nSPS) is 11.6. The zero-order chi connectivity index (χ0) is 27.4. The second-order valence-corrected chi connectivity index (χ2v) is 12.0. The van der Waals surface area contributed by atoms with Crippen LogP contribution in [-0.2, 0) is 28.0 Å². The van der Waals surface area contributed by atoms with Crippen LogP contribution in [0.5, 0.6) is 0 Å². The molecule has 0 aliphatic rings. The van der Waals surface area contributed by atoms with Crippen LogP contribution < -0.4 is 4.72 Å². The molecule has 1 N–H and O–H groups in total. The standard InChI is InChI=1S/C32H41NO4S/c1-4-5-6-7-8-9-22-38(35,36)33-32(34)31-16-12-27(13-17-31)24-37-23-26-10-14-29(15-11-26)30-20-18-28(19-21-30)25(2)3/h10-21,25H,4-9,22-24H2,1-3H3,(H,33,34). The molecule has 0 bridgehead atoms. The van der Waals surface area contributed by atoms with Crippen LogP contribution in [-0.4, -0.2) is 20.1 Å². The van der Waals surface area contributed by atoms with Crippen molar-refractivity contribution in [2.75, 3.05) is 5.75 Å². The van der Waals surface area contributed by atoms with Gasteiger partial charge in [0.25, 0.3) is 5.91 Å². The van der Waals surface area contributed by atoms with Gasteiger partial charge in [0.05, 0.1) is 19.0 Å². The van der Waals surface area contributed by atoms with Gasteiger partial charge in [-0.3, -0.25) is 4.79 Å². The lowest BCUT2D eigenvalue weighted by Crippen LogP contribution is -2.32. The summed E-state index contributed by atoms with van der Waals surface area (Å²) in [4.78, 5) is 12.4. The Morgan fingerprint density at radius 1 is 0.737 bits per heavy atom.